The van der Waals surface area contributed by atoms with Crippen molar-refractivity contribution in [2.45, 2.75) is 20.5 Å². The molecule has 1 aromatic heterocycles. The van der Waals surface area contributed by atoms with E-state index < -0.39 is 18.6 Å². The van der Waals surface area contributed by atoms with Gasteiger partial charge in [0.1, 0.15) is 5.82 Å². The van der Waals surface area contributed by atoms with Gasteiger partial charge in [-0.2, -0.15) is 8.78 Å². The number of alkyl halides is 2. The van der Waals surface area contributed by atoms with E-state index in [0.717, 1.165) is 6.07 Å². The van der Waals surface area contributed by atoms with Crippen LogP contribution in [0.2, 0.25) is 0 Å². The first-order valence-corrected chi connectivity index (χ1v) is 4.87. The van der Waals surface area contributed by atoms with Crippen LogP contribution >= 0.6 is 0 Å². The molecule has 0 aliphatic heterocycles. The second-order valence-corrected chi connectivity index (χ2v) is 3.67. The number of rotatable bonds is 4. The fourth-order valence-corrected chi connectivity index (χ4v) is 0.986. The smallest absolute Gasteiger partial charge is 0.438 e. The second-order valence-electron chi connectivity index (χ2n) is 3.67. The van der Waals surface area contributed by atoms with Gasteiger partial charge < -0.3 is 15.2 Å². The summed E-state index contributed by atoms with van der Waals surface area (Å²) in [5, 5.41) is 3.50. The molecule has 0 bridgehead atoms. The average Bonchev–Trinajstić information content (AvgIpc) is 2.54. The molecule has 1 aromatic rings. The molecule has 17 heavy (non-hydrogen) atoms. The van der Waals surface area contributed by atoms with Crippen LogP contribution in [0.4, 0.5) is 19.4 Å². The summed E-state index contributed by atoms with van der Waals surface area (Å²) in [6, 6.07) is 1.02. The number of nitrogens with zero attached hydrogens (tertiary/aromatic N) is 2. The Morgan fingerprint density at radius 2 is 2.24 bits per heavy atom. The molecule has 0 amide bonds. The molecular weight excluding hydrogens is 236 g/mol. The first kappa shape index (κ1) is 13.2. The van der Waals surface area contributed by atoms with Crippen LogP contribution in [-0.4, -0.2) is 29.1 Å². The first-order chi connectivity index (χ1) is 7.90. The van der Waals surface area contributed by atoms with Gasteiger partial charge in [-0.1, -0.05) is 13.8 Å². The molecule has 0 unspecified atom stereocenters. The van der Waals surface area contributed by atoms with Crippen molar-refractivity contribution in [3.63, 3.8) is 0 Å². The Balaban J connectivity index is 2.77. The Bertz CT molecular complexity index is 393. The maximum absolute atomic E-state index is 12.0. The summed E-state index contributed by atoms with van der Waals surface area (Å²) >= 11 is 0. The maximum Gasteiger partial charge on any atom is 0.438 e. The summed E-state index contributed by atoms with van der Waals surface area (Å²) in [5.74, 6) is -0.445. The van der Waals surface area contributed by atoms with Crippen LogP contribution in [0.1, 0.15) is 13.8 Å². The normalized spacial score (nSPS) is 10.9. The summed E-state index contributed by atoms with van der Waals surface area (Å²) < 4.78 is 33.5. The van der Waals surface area contributed by atoms with Crippen LogP contribution in [0.5, 0.6) is 5.88 Å². The first-order valence-electron chi connectivity index (χ1n) is 4.87. The van der Waals surface area contributed by atoms with E-state index in [9.17, 15) is 13.6 Å². The van der Waals surface area contributed by atoms with Crippen LogP contribution < -0.4 is 10.5 Å². The lowest BCUT2D eigenvalue weighted by molar-refractivity contribution is -0.0551. The molecule has 0 saturated heterocycles. The average molecular weight is 249 g/mol. The van der Waals surface area contributed by atoms with Crippen LogP contribution in [0.25, 0.3) is 0 Å². The predicted molar refractivity (Wildman–Crippen MR) is 54.9 cm³/mol. The molecule has 8 heteroatoms. The van der Waals surface area contributed by atoms with E-state index in [4.69, 9.17) is 10.5 Å². The minimum Gasteiger partial charge on any atom is -0.448 e. The third kappa shape index (κ3) is 3.89. The Kier molecular flexibility index (Phi) is 4.24. The number of hydrogen-bond acceptors (Lipinski definition) is 5. The summed E-state index contributed by atoms with van der Waals surface area (Å²) in [6.45, 7) is 0.748. The highest BCUT2D eigenvalue weighted by Crippen LogP contribution is 2.18. The van der Waals surface area contributed by atoms with Crippen LogP contribution in [-0.2, 0) is 4.74 Å². The van der Waals surface area contributed by atoms with Gasteiger partial charge in [0.2, 0.25) is 5.88 Å². The number of carbonyl (C=O) groups is 1. The molecule has 0 saturated carbocycles. The van der Waals surface area contributed by atoms with Crippen molar-refractivity contribution in [1.82, 2.24) is 9.78 Å². The van der Waals surface area contributed by atoms with Gasteiger partial charge >= 0.3 is 12.7 Å². The van der Waals surface area contributed by atoms with Crippen molar-refractivity contribution >= 4 is 11.9 Å². The standard InChI is InChI=1S/C9H13F2N3O3/c1-5(2)4-16-9(15)14-7(17-8(10)11)3-6(12)13-14/h3,5,8H,4H2,1-2H3,(H2,12,13). The SMILES string of the molecule is CC(C)COC(=O)n1nc(N)cc1OC(F)F. The molecule has 0 aliphatic rings. The molecule has 0 radical (unpaired) electrons. The monoisotopic (exact) mass is 249 g/mol. The zero-order chi connectivity index (χ0) is 13.0. The van der Waals surface area contributed by atoms with E-state index in [0.29, 0.717) is 4.68 Å². The highest BCUT2D eigenvalue weighted by Gasteiger charge is 2.19. The molecule has 0 atom stereocenters. The summed E-state index contributed by atoms with van der Waals surface area (Å²) in [4.78, 5) is 11.5. The number of carbonyl (C=O) groups excluding carboxylic acids is 1. The van der Waals surface area contributed by atoms with Gasteiger partial charge in [0.15, 0.2) is 0 Å². The molecular formula is C9H13F2N3O3. The second kappa shape index (κ2) is 5.46. The molecule has 0 fully saturated rings. The fourth-order valence-electron chi connectivity index (χ4n) is 0.986. The van der Waals surface area contributed by atoms with Crippen molar-refractivity contribution in [2.24, 2.45) is 5.92 Å². The molecule has 2 N–H and O–H groups in total. The maximum atomic E-state index is 12.0. The minimum absolute atomic E-state index is 0.109. The van der Waals surface area contributed by atoms with Gasteiger partial charge in [-0.15, -0.1) is 9.78 Å². The zero-order valence-corrected chi connectivity index (χ0v) is 9.39. The molecule has 96 valence electrons. The number of nitrogens with two attached hydrogens (primary N) is 1. The van der Waals surface area contributed by atoms with E-state index in [2.05, 4.69) is 9.84 Å². The van der Waals surface area contributed by atoms with Gasteiger partial charge in [0.05, 0.1) is 6.61 Å². The van der Waals surface area contributed by atoms with E-state index in [1.807, 2.05) is 13.8 Å². The van der Waals surface area contributed by atoms with E-state index in [-0.39, 0.29) is 18.3 Å². The van der Waals surface area contributed by atoms with Gasteiger partial charge in [-0.05, 0) is 5.92 Å². The predicted octanol–water partition coefficient (Wildman–Crippen LogP) is 1.71. The van der Waals surface area contributed by atoms with E-state index in [1.165, 1.54) is 0 Å². The fraction of sp³-hybridized carbons (Fsp3) is 0.556. The van der Waals surface area contributed by atoms with Gasteiger partial charge in [0, 0.05) is 6.07 Å². The number of hydrogen-bond donors (Lipinski definition) is 1. The van der Waals surface area contributed by atoms with Crippen molar-refractivity contribution in [2.75, 3.05) is 12.3 Å². The van der Waals surface area contributed by atoms with Crippen molar-refractivity contribution in [3.05, 3.63) is 6.07 Å². The van der Waals surface area contributed by atoms with Crippen LogP contribution in [0.15, 0.2) is 6.07 Å². The number of ether oxygens (including phenoxy) is 2. The highest BCUT2D eigenvalue weighted by molar-refractivity contribution is 5.72. The van der Waals surface area contributed by atoms with Crippen molar-refractivity contribution in [3.8, 4) is 5.88 Å². The largest absolute Gasteiger partial charge is 0.448 e. The minimum atomic E-state index is -3.07. The van der Waals surface area contributed by atoms with E-state index >= 15 is 0 Å². The summed E-state index contributed by atoms with van der Waals surface area (Å²) in [7, 11) is 0. The molecule has 0 aromatic carbocycles. The third-order valence-corrected chi connectivity index (χ3v) is 1.62. The summed E-state index contributed by atoms with van der Waals surface area (Å²) in [6.07, 6.45) is -0.911. The number of anilines is 1. The lowest BCUT2D eigenvalue weighted by atomic mass is 10.2. The van der Waals surface area contributed by atoms with Crippen molar-refractivity contribution < 1.29 is 23.0 Å². The van der Waals surface area contributed by atoms with Gasteiger partial charge in [-0.3, -0.25) is 0 Å². The molecule has 0 spiro atoms. The zero-order valence-electron chi connectivity index (χ0n) is 9.39. The lowest BCUT2D eigenvalue weighted by Crippen LogP contribution is -2.20. The third-order valence-electron chi connectivity index (χ3n) is 1.62. The number of nitrogen functional groups attached to an aromatic ring is 1. The molecule has 1 rings (SSSR count). The van der Waals surface area contributed by atoms with Crippen LogP contribution in [0.3, 0.4) is 0 Å². The van der Waals surface area contributed by atoms with Crippen LogP contribution in [0, 0.1) is 5.92 Å². The highest BCUT2D eigenvalue weighted by atomic mass is 19.3. The van der Waals surface area contributed by atoms with E-state index in [1.54, 1.807) is 0 Å². The number of aromatic nitrogens is 2. The quantitative estimate of drug-likeness (QED) is 0.878. The van der Waals surface area contributed by atoms with Gasteiger partial charge in [0.25, 0.3) is 0 Å². The summed E-state index contributed by atoms with van der Waals surface area (Å²) in [5.41, 5.74) is 5.28. The topological polar surface area (TPSA) is 79.4 Å². The Labute approximate surface area is 96.3 Å². The Morgan fingerprint density at radius 1 is 1.59 bits per heavy atom. The molecule has 6 nitrogen and oxygen atoms in total. The Morgan fingerprint density at radius 3 is 2.76 bits per heavy atom. The molecule has 0 aliphatic carbocycles. The van der Waals surface area contributed by atoms with Gasteiger partial charge in [-0.25, -0.2) is 4.79 Å². The van der Waals surface area contributed by atoms with Crippen molar-refractivity contribution in [1.29, 1.82) is 0 Å². The number of halogens is 2. The molecule has 1 heterocycles. The lowest BCUT2D eigenvalue weighted by Gasteiger charge is -2.09. The Hall–Kier alpha value is -1.86.